The Balaban J connectivity index is 2.63. The summed E-state index contributed by atoms with van der Waals surface area (Å²) in [4.78, 5) is 12.4. The van der Waals surface area contributed by atoms with E-state index in [0.717, 1.165) is 16.7 Å². The van der Waals surface area contributed by atoms with Crippen molar-refractivity contribution in [3.05, 3.63) is 45.6 Å². The summed E-state index contributed by atoms with van der Waals surface area (Å²) >= 11 is 1.44. The Morgan fingerprint density at radius 3 is 2.53 bits per heavy atom. The van der Waals surface area contributed by atoms with Gasteiger partial charge >= 0.3 is 5.97 Å². The highest BCUT2D eigenvalue weighted by atomic mass is 32.1. The number of esters is 1. The molecule has 1 aromatic carbocycles. The van der Waals surface area contributed by atoms with Gasteiger partial charge in [-0.1, -0.05) is 24.3 Å². The number of benzene rings is 1. The van der Waals surface area contributed by atoms with Crippen LogP contribution in [0.25, 0.3) is 11.1 Å². The van der Waals surface area contributed by atoms with Crippen molar-refractivity contribution in [1.82, 2.24) is 0 Å². The second-order valence-corrected chi connectivity index (χ2v) is 4.81. The number of carbonyl (C=O) groups excluding carboxylic acids is 1. The number of carbonyl (C=O) groups is 1. The number of rotatable bonds is 2. The van der Waals surface area contributed by atoms with E-state index in [9.17, 15) is 4.79 Å². The summed E-state index contributed by atoms with van der Waals surface area (Å²) in [6.07, 6.45) is 0. The van der Waals surface area contributed by atoms with Crippen LogP contribution in [0, 0.1) is 13.8 Å². The summed E-state index contributed by atoms with van der Waals surface area (Å²) in [6, 6.07) is 8.07. The lowest BCUT2D eigenvalue weighted by atomic mass is 9.98. The molecule has 0 atom stereocenters. The van der Waals surface area contributed by atoms with Gasteiger partial charge in [-0.15, -0.1) is 11.3 Å². The van der Waals surface area contributed by atoms with Crippen LogP contribution in [0.1, 0.15) is 20.8 Å². The van der Waals surface area contributed by atoms with Crippen molar-refractivity contribution in [2.24, 2.45) is 0 Å². The molecule has 0 saturated carbocycles. The number of methoxy groups -OCH3 is 1. The van der Waals surface area contributed by atoms with Crippen LogP contribution in [0.5, 0.6) is 0 Å². The molecule has 0 spiro atoms. The molecule has 3 heteroatoms. The average Bonchev–Trinajstić information content (AvgIpc) is 2.71. The van der Waals surface area contributed by atoms with Crippen LogP contribution in [0.15, 0.2) is 29.6 Å². The first-order chi connectivity index (χ1) is 8.15. The number of hydrogen-bond acceptors (Lipinski definition) is 3. The highest BCUT2D eigenvalue weighted by molar-refractivity contribution is 7.12. The van der Waals surface area contributed by atoms with Crippen molar-refractivity contribution in [3.8, 4) is 11.1 Å². The molecular formula is C14H14O2S. The monoisotopic (exact) mass is 246 g/mol. The third-order valence-corrected chi connectivity index (χ3v) is 3.84. The maximum Gasteiger partial charge on any atom is 0.348 e. The maximum atomic E-state index is 11.7. The smallest absolute Gasteiger partial charge is 0.348 e. The first-order valence-electron chi connectivity index (χ1n) is 5.37. The summed E-state index contributed by atoms with van der Waals surface area (Å²) in [5.41, 5.74) is 4.38. The van der Waals surface area contributed by atoms with Gasteiger partial charge in [0.1, 0.15) is 4.88 Å². The Morgan fingerprint density at radius 1 is 1.18 bits per heavy atom. The number of hydrogen-bond donors (Lipinski definition) is 0. The lowest BCUT2D eigenvalue weighted by Gasteiger charge is -2.07. The van der Waals surface area contributed by atoms with Crippen LogP contribution in [0.4, 0.5) is 0 Å². The Hall–Kier alpha value is -1.61. The molecule has 17 heavy (non-hydrogen) atoms. The zero-order valence-electron chi connectivity index (χ0n) is 10.1. The third kappa shape index (κ3) is 2.11. The van der Waals surface area contributed by atoms with Crippen LogP contribution in [0.3, 0.4) is 0 Å². The van der Waals surface area contributed by atoms with Gasteiger partial charge in [0.15, 0.2) is 0 Å². The number of thiophene rings is 1. The molecule has 0 bridgehead atoms. The largest absolute Gasteiger partial charge is 0.465 e. The molecule has 0 saturated heterocycles. The summed E-state index contributed by atoms with van der Waals surface area (Å²) in [5.74, 6) is -0.263. The van der Waals surface area contributed by atoms with Crippen molar-refractivity contribution < 1.29 is 9.53 Å². The second-order valence-electron chi connectivity index (χ2n) is 3.93. The first kappa shape index (κ1) is 11.9. The minimum absolute atomic E-state index is 0.263. The predicted octanol–water partition coefficient (Wildman–Crippen LogP) is 3.82. The molecule has 2 nitrogen and oxygen atoms in total. The van der Waals surface area contributed by atoms with Gasteiger partial charge < -0.3 is 4.74 Å². The van der Waals surface area contributed by atoms with Gasteiger partial charge in [-0.05, 0) is 35.9 Å². The van der Waals surface area contributed by atoms with Gasteiger partial charge in [-0.3, -0.25) is 0 Å². The Labute approximate surface area is 105 Å². The summed E-state index contributed by atoms with van der Waals surface area (Å²) in [7, 11) is 1.42. The normalized spacial score (nSPS) is 10.3. The molecule has 0 fully saturated rings. The Bertz CT molecular complexity index is 555. The van der Waals surface area contributed by atoms with Gasteiger partial charge in [-0.2, -0.15) is 0 Å². The predicted molar refractivity (Wildman–Crippen MR) is 70.6 cm³/mol. The lowest BCUT2D eigenvalue weighted by Crippen LogP contribution is -2.00. The van der Waals surface area contributed by atoms with Gasteiger partial charge in [-0.25, -0.2) is 4.79 Å². The Kier molecular flexibility index (Phi) is 3.29. The van der Waals surface area contributed by atoms with E-state index in [1.54, 1.807) is 0 Å². The minimum atomic E-state index is -0.263. The third-order valence-electron chi connectivity index (χ3n) is 2.76. The van der Waals surface area contributed by atoms with Gasteiger partial charge in [0.05, 0.1) is 7.11 Å². The first-order valence-corrected chi connectivity index (χ1v) is 6.25. The van der Waals surface area contributed by atoms with E-state index in [2.05, 4.69) is 0 Å². The van der Waals surface area contributed by atoms with Gasteiger partial charge in [0, 0.05) is 5.56 Å². The molecule has 0 N–H and O–H groups in total. The molecule has 0 aliphatic carbocycles. The molecule has 2 aromatic rings. The van der Waals surface area contributed by atoms with Crippen LogP contribution < -0.4 is 0 Å². The molecule has 88 valence electrons. The number of aryl methyl sites for hydroxylation is 2. The quantitative estimate of drug-likeness (QED) is 0.753. The highest BCUT2D eigenvalue weighted by Crippen LogP contribution is 2.34. The van der Waals surface area contributed by atoms with Crippen molar-refractivity contribution in [2.45, 2.75) is 13.8 Å². The zero-order valence-corrected chi connectivity index (χ0v) is 10.9. The van der Waals surface area contributed by atoms with E-state index in [1.165, 1.54) is 24.0 Å². The van der Waals surface area contributed by atoms with Crippen molar-refractivity contribution in [3.63, 3.8) is 0 Å². The zero-order chi connectivity index (χ0) is 12.4. The fraction of sp³-hybridized carbons (Fsp3) is 0.214. The highest BCUT2D eigenvalue weighted by Gasteiger charge is 2.18. The second kappa shape index (κ2) is 4.72. The van der Waals surface area contributed by atoms with E-state index >= 15 is 0 Å². The maximum absolute atomic E-state index is 11.7. The molecule has 1 heterocycles. The standard InChI is InChI=1S/C14H14O2S/c1-9-6-4-5-7-11(9)12-10(2)8-17-13(12)14(15)16-3/h4-8H,1-3H3. The SMILES string of the molecule is COC(=O)c1scc(C)c1-c1ccccc1C. The van der Waals surface area contributed by atoms with Crippen molar-refractivity contribution in [2.75, 3.05) is 7.11 Å². The Morgan fingerprint density at radius 2 is 1.88 bits per heavy atom. The molecule has 0 aliphatic rings. The fourth-order valence-electron chi connectivity index (χ4n) is 1.88. The van der Waals surface area contributed by atoms with E-state index in [-0.39, 0.29) is 5.97 Å². The summed E-state index contributed by atoms with van der Waals surface area (Å²) in [6.45, 7) is 4.07. The van der Waals surface area contributed by atoms with E-state index in [1.807, 2.05) is 43.5 Å². The molecule has 1 aromatic heterocycles. The molecule has 0 aliphatic heterocycles. The number of ether oxygens (including phenoxy) is 1. The topological polar surface area (TPSA) is 26.3 Å². The van der Waals surface area contributed by atoms with E-state index in [4.69, 9.17) is 4.74 Å². The van der Waals surface area contributed by atoms with Gasteiger partial charge in [0.25, 0.3) is 0 Å². The van der Waals surface area contributed by atoms with Crippen LogP contribution in [0.2, 0.25) is 0 Å². The van der Waals surface area contributed by atoms with Crippen LogP contribution in [-0.4, -0.2) is 13.1 Å². The van der Waals surface area contributed by atoms with E-state index in [0.29, 0.717) is 4.88 Å². The molecule has 2 rings (SSSR count). The fourth-order valence-corrected chi connectivity index (χ4v) is 2.86. The molecule has 0 amide bonds. The van der Waals surface area contributed by atoms with Crippen molar-refractivity contribution >= 4 is 17.3 Å². The average molecular weight is 246 g/mol. The van der Waals surface area contributed by atoms with Crippen LogP contribution >= 0.6 is 11.3 Å². The van der Waals surface area contributed by atoms with Gasteiger partial charge in [0.2, 0.25) is 0 Å². The van der Waals surface area contributed by atoms with E-state index < -0.39 is 0 Å². The molecular weight excluding hydrogens is 232 g/mol. The summed E-state index contributed by atoms with van der Waals surface area (Å²) < 4.78 is 4.82. The minimum Gasteiger partial charge on any atom is -0.465 e. The van der Waals surface area contributed by atoms with Crippen molar-refractivity contribution in [1.29, 1.82) is 0 Å². The molecule has 0 unspecified atom stereocenters. The summed E-state index contributed by atoms with van der Waals surface area (Å²) in [5, 5.41) is 1.99. The molecule has 0 radical (unpaired) electrons. The van der Waals surface area contributed by atoms with Crippen LogP contribution in [-0.2, 0) is 4.74 Å². The lowest BCUT2D eigenvalue weighted by molar-refractivity contribution is 0.0607.